The molecular weight excluding hydrogens is 252 g/mol. The van der Waals surface area contributed by atoms with Gasteiger partial charge in [0.05, 0.1) is 6.10 Å². The molecule has 4 heteroatoms. The summed E-state index contributed by atoms with van der Waals surface area (Å²) >= 11 is 0. The number of carbonyl (C=O) groups is 1. The molecular formula is C16H18N2O2. The molecule has 104 valence electrons. The monoisotopic (exact) mass is 270 g/mol. The third-order valence-corrected chi connectivity index (χ3v) is 3.15. The number of amides is 1. The van der Waals surface area contributed by atoms with E-state index < -0.39 is 6.10 Å². The smallest absolute Gasteiger partial charge is 0.251 e. The van der Waals surface area contributed by atoms with Gasteiger partial charge in [0.1, 0.15) is 0 Å². The number of hydrogen-bond donors (Lipinski definition) is 3. The zero-order chi connectivity index (χ0) is 14.5. The van der Waals surface area contributed by atoms with E-state index in [-0.39, 0.29) is 12.5 Å². The highest BCUT2D eigenvalue weighted by atomic mass is 16.3. The van der Waals surface area contributed by atoms with Gasteiger partial charge in [-0.3, -0.25) is 4.79 Å². The molecule has 20 heavy (non-hydrogen) atoms. The molecule has 0 aromatic heterocycles. The van der Waals surface area contributed by atoms with Gasteiger partial charge in [-0.15, -0.1) is 0 Å². The number of aliphatic hydroxyl groups excluding tert-OH is 1. The van der Waals surface area contributed by atoms with E-state index in [1.165, 1.54) is 0 Å². The number of nitrogens with two attached hydrogens (primary N) is 1. The quantitative estimate of drug-likeness (QED) is 0.744. The first-order valence-corrected chi connectivity index (χ1v) is 6.45. The van der Waals surface area contributed by atoms with E-state index in [2.05, 4.69) is 5.32 Å². The molecule has 0 fully saturated rings. The van der Waals surface area contributed by atoms with Crippen LogP contribution in [0.2, 0.25) is 0 Å². The Labute approximate surface area is 118 Å². The van der Waals surface area contributed by atoms with E-state index in [0.29, 0.717) is 11.3 Å². The summed E-state index contributed by atoms with van der Waals surface area (Å²) in [6.07, 6.45) is -0.721. The molecule has 0 bridgehead atoms. The number of rotatable bonds is 4. The van der Waals surface area contributed by atoms with Crippen LogP contribution < -0.4 is 11.1 Å². The lowest BCUT2D eigenvalue weighted by molar-refractivity contribution is 0.0915. The van der Waals surface area contributed by atoms with Crippen molar-refractivity contribution in [2.24, 2.45) is 0 Å². The number of nitrogens with one attached hydrogen (secondary N) is 1. The molecule has 2 aromatic carbocycles. The van der Waals surface area contributed by atoms with Crippen LogP contribution in [0, 0.1) is 6.92 Å². The number of anilines is 1. The van der Waals surface area contributed by atoms with Crippen molar-refractivity contribution in [2.75, 3.05) is 12.3 Å². The van der Waals surface area contributed by atoms with Crippen LogP contribution in [0.4, 0.5) is 5.69 Å². The van der Waals surface area contributed by atoms with Crippen LogP contribution in [0.5, 0.6) is 0 Å². The molecule has 2 rings (SSSR count). The Balaban J connectivity index is 2.00. The summed E-state index contributed by atoms with van der Waals surface area (Å²) in [5.74, 6) is -0.232. The summed E-state index contributed by atoms with van der Waals surface area (Å²) in [4.78, 5) is 12.1. The summed E-state index contributed by atoms with van der Waals surface area (Å²) in [5, 5.41) is 12.7. The lowest BCUT2D eigenvalue weighted by Crippen LogP contribution is -2.29. The number of carbonyl (C=O) groups excluding carboxylic acids is 1. The van der Waals surface area contributed by atoms with Gasteiger partial charge in [-0.1, -0.05) is 36.4 Å². The van der Waals surface area contributed by atoms with Gasteiger partial charge >= 0.3 is 0 Å². The fraction of sp³-hybridized carbons (Fsp3) is 0.188. The molecule has 0 radical (unpaired) electrons. The highest BCUT2D eigenvalue weighted by Crippen LogP contribution is 2.14. The van der Waals surface area contributed by atoms with E-state index in [4.69, 9.17) is 5.73 Å². The average Bonchev–Trinajstić information content (AvgIpc) is 2.47. The van der Waals surface area contributed by atoms with Crippen molar-refractivity contribution in [2.45, 2.75) is 13.0 Å². The number of hydrogen-bond acceptors (Lipinski definition) is 3. The van der Waals surface area contributed by atoms with Crippen molar-refractivity contribution in [3.63, 3.8) is 0 Å². The number of aliphatic hydroxyl groups is 1. The molecule has 0 saturated heterocycles. The maximum absolute atomic E-state index is 12.1. The van der Waals surface area contributed by atoms with Crippen LogP contribution in [0.15, 0.2) is 48.5 Å². The Kier molecular flexibility index (Phi) is 4.38. The molecule has 0 aliphatic carbocycles. The average molecular weight is 270 g/mol. The summed E-state index contributed by atoms with van der Waals surface area (Å²) in [6.45, 7) is 2.01. The van der Waals surface area contributed by atoms with Crippen molar-refractivity contribution < 1.29 is 9.90 Å². The maximum Gasteiger partial charge on any atom is 0.251 e. The number of aryl methyl sites for hydroxylation is 1. The third kappa shape index (κ3) is 3.36. The second-order valence-electron chi connectivity index (χ2n) is 4.71. The molecule has 4 N–H and O–H groups in total. The Hall–Kier alpha value is -2.33. The van der Waals surface area contributed by atoms with Crippen LogP contribution in [0.25, 0.3) is 0 Å². The van der Waals surface area contributed by atoms with Gasteiger partial charge in [0.2, 0.25) is 0 Å². The highest BCUT2D eigenvalue weighted by molar-refractivity contribution is 5.96. The normalized spacial score (nSPS) is 11.9. The topological polar surface area (TPSA) is 75.4 Å². The van der Waals surface area contributed by atoms with Crippen molar-refractivity contribution in [1.29, 1.82) is 0 Å². The second kappa shape index (κ2) is 6.21. The van der Waals surface area contributed by atoms with Crippen LogP contribution in [-0.2, 0) is 0 Å². The van der Waals surface area contributed by atoms with Crippen LogP contribution in [0.3, 0.4) is 0 Å². The van der Waals surface area contributed by atoms with E-state index in [1.807, 2.05) is 37.3 Å². The first kappa shape index (κ1) is 14.1. The lowest BCUT2D eigenvalue weighted by atomic mass is 10.1. The Morgan fingerprint density at radius 2 is 1.95 bits per heavy atom. The summed E-state index contributed by atoms with van der Waals surface area (Å²) < 4.78 is 0. The minimum Gasteiger partial charge on any atom is -0.399 e. The zero-order valence-electron chi connectivity index (χ0n) is 11.3. The Morgan fingerprint density at radius 1 is 1.25 bits per heavy atom. The number of nitrogen functional groups attached to an aromatic ring is 1. The molecule has 0 aliphatic heterocycles. The molecule has 0 heterocycles. The first-order chi connectivity index (χ1) is 9.58. The van der Waals surface area contributed by atoms with Gasteiger partial charge < -0.3 is 16.2 Å². The molecule has 1 atom stereocenters. The van der Waals surface area contributed by atoms with Gasteiger partial charge in [0.15, 0.2) is 0 Å². The maximum atomic E-state index is 12.1. The zero-order valence-corrected chi connectivity index (χ0v) is 11.3. The summed E-state index contributed by atoms with van der Waals surface area (Å²) in [6, 6.07) is 14.4. The van der Waals surface area contributed by atoms with Gasteiger partial charge in [-0.2, -0.15) is 0 Å². The number of benzene rings is 2. The van der Waals surface area contributed by atoms with Gasteiger partial charge in [-0.05, 0) is 30.2 Å². The Morgan fingerprint density at radius 3 is 2.65 bits per heavy atom. The predicted octanol–water partition coefficient (Wildman–Crippen LogP) is 2.04. The lowest BCUT2D eigenvalue weighted by Gasteiger charge is -2.13. The van der Waals surface area contributed by atoms with E-state index >= 15 is 0 Å². The van der Waals surface area contributed by atoms with Gasteiger partial charge in [0, 0.05) is 17.8 Å². The predicted molar refractivity (Wildman–Crippen MR) is 79.3 cm³/mol. The van der Waals surface area contributed by atoms with Crippen molar-refractivity contribution in [3.05, 3.63) is 65.2 Å². The summed E-state index contributed by atoms with van der Waals surface area (Å²) in [5.41, 5.74) is 8.39. The first-order valence-electron chi connectivity index (χ1n) is 6.45. The fourth-order valence-corrected chi connectivity index (χ4v) is 1.96. The highest BCUT2D eigenvalue weighted by Gasteiger charge is 2.12. The van der Waals surface area contributed by atoms with Gasteiger partial charge in [0.25, 0.3) is 5.91 Å². The van der Waals surface area contributed by atoms with E-state index in [1.54, 1.807) is 18.2 Å². The molecule has 0 spiro atoms. The van der Waals surface area contributed by atoms with Gasteiger partial charge in [-0.25, -0.2) is 0 Å². The minimum atomic E-state index is -0.721. The summed E-state index contributed by atoms with van der Waals surface area (Å²) in [7, 11) is 0. The van der Waals surface area contributed by atoms with E-state index in [9.17, 15) is 9.90 Å². The molecule has 0 aliphatic rings. The fourth-order valence-electron chi connectivity index (χ4n) is 1.96. The van der Waals surface area contributed by atoms with Crippen molar-refractivity contribution >= 4 is 11.6 Å². The van der Waals surface area contributed by atoms with E-state index in [0.717, 1.165) is 11.1 Å². The van der Waals surface area contributed by atoms with Crippen molar-refractivity contribution in [1.82, 2.24) is 5.32 Å². The molecule has 4 nitrogen and oxygen atoms in total. The standard InChI is InChI=1S/C16H18N2O2/c1-11-7-8-13(17)9-14(11)16(20)18-10-15(19)12-5-3-2-4-6-12/h2-9,15,19H,10,17H2,1H3,(H,18,20). The minimum absolute atomic E-state index is 0.164. The van der Waals surface area contributed by atoms with Crippen LogP contribution in [0.1, 0.15) is 27.6 Å². The van der Waals surface area contributed by atoms with Crippen molar-refractivity contribution in [3.8, 4) is 0 Å². The largest absolute Gasteiger partial charge is 0.399 e. The Bertz CT molecular complexity index is 597. The molecule has 1 unspecified atom stereocenters. The SMILES string of the molecule is Cc1ccc(N)cc1C(=O)NCC(O)c1ccccc1. The van der Waals surface area contributed by atoms with Crippen LogP contribution >= 0.6 is 0 Å². The molecule has 1 amide bonds. The third-order valence-electron chi connectivity index (χ3n) is 3.15. The second-order valence-corrected chi connectivity index (χ2v) is 4.71. The molecule has 0 saturated carbocycles. The molecule has 2 aromatic rings. The van der Waals surface area contributed by atoms with Crippen LogP contribution in [-0.4, -0.2) is 17.6 Å².